The van der Waals surface area contributed by atoms with Gasteiger partial charge in [-0.15, -0.1) is 0 Å². The van der Waals surface area contributed by atoms with Crippen LogP contribution in [0, 0.1) is 28.6 Å². The zero-order chi connectivity index (χ0) is 24.0. The minimum atomic E-state index is -0.568. The number of amides is 1. The summed E-state index contributed by atoms with van der Waals surface area (Å²) in [6.07, 6.45) is 1.49. The minimum absolute atomic E-state index is 0.0000729. The SMILES string of the molecule is N#C/C(=C\c1cc(I)c(OCc2cccc([N+](=O)[O-])c2)c(I)c1)C(=O)Nc1ccccc1Cl. The maximum atomic E-state index is 12.5. The van der Waals surface area contributed by atoms with Crippen molar-refractivity contribution >= 4 is 80.1 Å². The van der Waals surface area contributed by atoms with Crippen molar-refractivity contribution in [1.29, 1.82) is 5.26 Å². The molecule has 33 heavy (non-hydrogen) atoms. The molecule has 1 N–H and O–H groups in total. The lowest BCUT2D eigenvalue weighted by atomic mass is 10.1. The van der Waals surface area contributed by atoms with Crippen molar-refractivity contribution in [1.82, 2.24) is 0 Å². The van der Waals surface area contributed by atoms with E-state index in [1.807, 2.05) is 6.07 Å². The Balaban J connectivity index is 1.78. The van der Waals surface area contributed by atoms with Gasteiger partial charge in [-0.1, -0.05) is 35.9 Å². The molecular weight excluding hydrogens is 672 g/mol. The first kappa shape index (κ1) is 24.9. The van der Waals surface area contributed by atoms with E-state index in [9.17, 15) is 20.2 Å². The first-order chi connectivity index (χ1) is 15.8. The fourth-order valence-corrected chi connectivity index (χ4v) is 5.09. The third kappa shape index (κ3) is 6.66. The van der Waals surface area contributed by atoms with Gasteiger partial charge in [-0.05, 0) is 86.7 Å². The Labute approximate surface area is 221 Å². The van der Waals surface area contributed by atoms with Crippen molar-refractivity contribution in [3.63, 3.8) is 0 Å². The topological polar surface area (TPSA) is 105 Å². The summed E-state index contributed by atoms with van der Waals surface area (Å²) in [6, 6.07) is 18.5. The number of rotatable bonds is 7. The minimum Gasteiger partial charge on any atom is -0.487 e. The van der Waals surface area contributed by atoms with Gasteiger partial charge in [0.25, 0.3) is 11.6 Å². The second-order valence-corrected chi connectivity index (χ2v) is 9.36. The van der Waals surface area contributed by atoms with Gasteiger partial charge < -0.3 is 10.1 Å². The highest BCUT2D eigenvalue weighted by atomic mass is 127. The molecule has 3 rings (SSSR count). The van der Waals surface area contributed by atoms with E-state index in [4.69, 9.17) is 16.3 Å². The van der Waals surface area contributed by atoms with Crippen LogP contribution in [-0.2, 0) is 11.4 Å². The van der Waals surface area contributed by atoms with Gasteiger partial charge in [0.2, 0.25) is 0 Å². The molecule has 0 aromatic heterocycles. The summed E-state index contributed by atoms with van der Waals surface area (Å²) in [7, 11) is 0. The largest absolute Gasteiger partial charge is 0.487 e. The van der Waals surface area contributed by atoms with Gasteiger partial charge in [0.1, 0.15) is 24.0 Å². The van der Waals surface area contributed by atoms with Crippen LogP contribution in [-0.4, -0.2) is 10.8 Å². The van der Waals surface area contributed by atoms with E-state index in [2.05, 4.69) is 50.5 Å². The summed E-state index contributed by atoms with van der Waals surface area (Å²) in [5, 5.41) is 23.4. The third-order valence-corrected chi connectivity index (χ3v) is 6.26. The van der Waals surface area contributed by atoms with E-state index in [1.54, 1.807) is 48.5 Å². The zero-order valence-corrected chi connectivity index (χ0v) is 21.8. The molecule has 0 aliphatic carbocycles. The number of ether oxygens (including phenoxy) is 1. The number of non-ortho nitro benzene ring substituents is 1. The molecule has 10 heteroatoms. The number of benzene rings is 3. The van der Waals surface area contributed by atoms with E-state index < -0.39 is 10.8 Å². The van der Waals surface area contributed by atoms with Crippen molar-refractivity contribution in [3.8, 4) is 11.8 Å². The van der Waals surface area contributed by atoms with Crippen LogP contribution in [0.3, 0.4) is 0 Å². The van der Waals surface area contributed by atoms with Gasteiger partial charge in [0.05, 0.1) is 22.8 Å². The zero-order valence-electron chi connectivity index (χ0n) is 16.7. The van der Waals surface area contributed by atoms with E-state index >= 15 is 0 Å². The molecule has 1 amide bonds. The van der Waals surface area contributed by atoms with E-state index in [0.717, 1.165) is 7.14 Å². The molecule has 0 aliphatic heterocycles. The monoisotopic (exact) mass is 685 g/mol. The highest BCUT2D eigenvalue weighted by molar-refractivity contribution is 14.1. The summed E-state index contributed by atoms with van der Waals surface area (Å²) in [5.74, 6) is 0.0421. The second-order valence-electron chi connectivity index (χ2n) is 6.63. The van der Waals surface area contributed by atoms with E-state index in [-0.39, 0.29) is 17.9 Å². The molecule has 166 valence electrons. The molecule has 0 saturated carbocycles. The Morgan fingerprint density at radius 1 is 1.15 bits per heavy atom. The standard InChI is InChI=1S/C23H14ClI2N3O4/c24-18-6-1-2-7-21(18)28-23(30)16(12-27)8-15-10-19(25)22(20(26)11-15)33-13-14-4-3-5-17(9-14)29(31)32/h1-11H,13H2,(H,28,30)/b16-8+. The quantitative estimate of drug-likeness (QED) is 0.0995. The molecule has 0 bridgehead atoms. The maximum Gasteiger partial charge on any atom is 0.269 e. The summed E-state index contributed by atoms with van der Waals surface area (Å²) < 4.78 is 7.42. The van der Waals surface area contributed by atoms with Crippen LogP contribution in [0.5, 0.6) is 5.75 Å². The van der Waals surface area contributed by atoms with Crippen LogP contribution in [0.25, 0.3) is 6.08 Å². The lowest BCUT2D eigenvalue weighted by Gasteiger charge is -2.12. The van der Waals surface area contributed by atoms with Crippen LogP contribution in [0.2, 0.25) is 5.02 Å². The fourth-order valence-electron chi connectivity index (χ4n) is 2.78. The highest BCUT2D eigenvalue weighted by Gasteiger charge is 2.14. The van der Waals surface area contributed by atoms with Gasteiger partial charge in [0.15, 0.2) is 0 Å². The Morgan fingerprint density at radius 3 is 2.48 bits per heavy atom. The van der Waals surface area contributed by atoms with Gasteiger partial charge in [0, 0.05) is 12.1 Å². The number of nitro groups is 1. The number of carbonyl (C=O) groups is 1. The predicted octanol–water partition coefficient (Wildman–Crippen LogP) is 6.58. The van der Waals surface area contributed by atoms with Crippen LogP contribution in [0.4, 0.5) is 11.4 Å². The number of hydrogen-bond acceptors (Lipinski definition) is 5. The van der Waals surface area contributed by atoms with Crippen molar-refractivity contribution in [3.05, 3.63) is 99.6 Å². The molecule has 0 saturated heterocycles. The lowest BCUT2D eigenvalue weighted by molar-refractivity contribution is -0.384. The molecule has 0 unspecified atom stereocenters. The Kier molecular flexibility index (Phi) is 8.65. The third-order valence-electron chi connectivity index (χ3n) is 4.32. The summed E-state index contributed by atoms with van der Waals surface area (Å²) in [4.78, 5) is 23.0. The molecule has 0 radical (unpaired) electrons. The Morgan fingerprint density at radius 2 is 1.85 bits per heavy atom. The van der Waals surface area contributed by atoms with Crippen LogP contribution >= 0.6 is 56.8 Å². The Hall–Kier alpha value is -2.69. The summed E-state index contributed by atoms with van der Waals surface area (Å²) in [6.45, 7) is 0.159. The first-order valence-corrected chi connectivity index (χ1v) is 11.8. The maximum absolute atomic E-state index is 12.5. The molecule has 0 fully saturated rings. The predicted molar refractivity (Wildman–Crippen MR) is 143 cm³/mol. The van der Waals surface area contributed by atoms with Crippen molar-refractivity contribution in [2.24, 2.45) is 0 Å². The number of nitrogens with zero attached hydrogens (tertiary/aromatic N) is 2. The molecule has 0 aliphatic rings. The second kappa shape index (κ2) is 11.4. The number of anilines is 1. The lowest BCUT2D eigenvalue weighted by Crippen LogP contribution is -2.13. The number of nitriles is 1. The van der Waals surface area contributed by atoms with Gasteiger partial charge in [-0.2, -0.15) is 5.26 Å². The first-order valence-electron chi connectivity index (χ1n) is 9.31. The molecular formula is C23H14ClI2N3O4. The van der Waals surface area contributed by atoms with Crippen molar-refractivity contribution < 1.29 is 14.5 Å². The normalized spacial score (nSPS) is 10.9. The number of carbonyl (C=O) groups excluding carboxylic acids is 1. The molecule has 0 atom stereocenters. The van der Waals surface area contributed by atoms with Crippen LogP contribution in [0.15, 0.2) is 66.2 Å². The molecule has 3 aromatic carbocycles. The Bertz CT molecular complexity index is 1280. The molecule has 0 heterocycles. The molecule has 3 aromatic rings. The van der Waals surface area contributed by atoms with Crippen LogP contribution < -0.4 is 10.1 Å². The van der Waals surface area contributed by atoms with Gasteiger partial charge in [-0.25, -0.2) is 0 Å². The number of para-hydroxylation sites is 1. The average Bonchev–Trinajstić information content (AvgIpc) is 2.78. The molecule has 7 nitrogen and oxygen atoms in total. The number of halogens is 3. The number of nitrogens with one attached hydrogen (secondary N) is 1. The average molecular weight is 686 g/mol. The van der Waals surface area contributed by atoms with Crippen molar-refractivity contribution in [2.45, 2.75) is 6.61 Å². The van der Waals surface area contributed by atoms with Crippen LogP contribution in [0.1, 0.15) is 11.1 Å². The smallest absolute Gasteiger partial charge is 0.269 e. The van der Waals surface area contributed by atoms with E-state index in [1.165, 1.54) is 18.2 Å². The summed E-state index contributed by atoms with van der Waals surface area (Å²) >= 11 is 10.3. The number of hydrogen-bond donors (Lipinski definition) is 1. The molecule has 0 spiro atoms. The fraction of sp³-hybridized carbons (Fsp3) is 0.0435. The number of nitro benzene ring substituents is 1. The summed E-state index contributed by atoms with van der Waals surface area (Å²) in [5.41, 5.74) is 1.66. The van der Waals surface area contributed by atoms with Gasteiger partial charge in [-0.3, -0.25) is 14.9 Å². The van der Waals surface area contributed by atoms with Gasteiger partial charge >= 0.3 is 0 Å². The van der Waals surface area contributed by atoms with Crippen molar-refractivity contribution in [2.75, 3.05) is 5.32 Å². The highest BCUT2D eigenvalue weighted by Crippen LogP contribution is 2.31. The van der Waals surface area contributed by atoms with E-state index in [0.29, 0.717) is 27.6 Å².